The topological polar surface area (TPSA) is 122 Å². The fraction of sp³-hybridized carbons (Fsp3) is 0.357. The minimum absolute atomic E-state index is 0.0800. The number of rotatable bonds is 7. The second-order valence-corrected chi connectivity index (χ2v) is 4.73. The molecule has 7 nitrogen and oxygen atoms in total. The van der Waals surface area contributed by atoms with Gasteiger partial charge in [0.05, 0.1) is 6.42 Å². The third-order valence-corrected chi connectivity index (χ3v) is 2.95. The molecule has 1 unspecified atom stereocenters. The molecule has 0 aliphatic carbocycles. The lowest BCUT2D eigenvalue weighted by Gasteiger charge is -2.16. The zero-order valence-corrected chi connectivity index (χ0v) is 11.7. The standard InChI is InChI=1S/C14H19N3O4/c1-9(10-5-3-2-4-6-10)8-16-14(21)17-11(13(19)20)7-12(15)18/h2-6,9,11H,7-8H2,1H3,(H2,15,18)(H,19,20)(H2,16,17,21)/t9?,11-/m0/s1. The average Bonchev–Trinajstić information content (AvgIpc) is 2.44. The number of amides is 3. The Labute approximate surface area is 122 Å². The van der Waals surface area contributed by atoms with Crippen LogP contribution in [0.4, 0.5) is 4.79 Å². The van der Waals surface area contributed by atoms with Gasteiger partial charge in [-0.15, -0.1) is 0 Å². The van der Waals surface area contributed by atoms with Gasteiger partial charge in [-0.25, -0.2) is 9.59 Å². The molecule has 1 rings (SSSR count). The van der Waals surface area contributed by atoms with Gasteiger partial charge in [-0.05, 0) is 11.5 Å². The van der Waals surface area contributed by atoms with Gasteiger partial charge in [0.1, 0.15) is 6.04 Å². The molecule has 21 heavy (non-hydrogen) atoms. The van der Waals surface area contributed by atoms with E-state index in [0.717, 1.165) is 5.56 Å². The van der Waals surface area contributed by atoms with E-state index in [1.165, 1.54) is 0 Å². The highest BCUT2D eigenvalue weighted by Crippen LogP contribution is 2.12. The zero-order valence-electron chi connectivity index (χ0n) is 11.7. The molecular weight excluding hydrogens is 274 g/mol. The molecule has 0 radical (unpaired) electrons. The van der Waals surface area contributed by atoms with E-state index >= 15 is 0 Å². The number of carbonyl (C=O) groups excluding carboxylic acids is 2. The van der Waals surface area contributed by atoms with E-state index < -0.39 is 30.4 Å². The summed E-state index contributed by atoms with van der Waals surface area (Å²) in [5.41, 5.74) is 5.99. The molecule has 3 amide bonds. The molecule has 0 fully saturated rings. The number of hydrogen-bond donors (Lipinski definition) is 4. The summed E-state index contributed by atoms with van der Waals surface area (Å²) < 4.78 is 0. The lowest BCUT2D eigenvalue weighted by molar-refractivity contribution is -0.140. The van der Waals surface area contributed by atoms with Crippen LogP contribution in [0.5, 0.6) is 0 Å². The van der Waals surface area contributed by atoms with Crippen LogP contribution in [0.1, 0.15) is 24.8 Å². The van der Waals surface area contributed by atoms with E-state index in [9.17, 15) is 14.4 Å². The number of hydrogen-bond acceptors (Lipinski definition) is 3. The van der Waals surface area contributed by atoms with Crippen molar-refractivity contribution in [2.45, 2.75) is 25.3 Å². The Morgan fingerprint density at radius 2 is 1.86 bits per heavy atom. The summed E-state index contributed by atoms with van der Waals surface area (Å²) >= 11 is 0. The van der Waals surface area contributed by atoms with Gasteiger partial charge >= 0.3 is 12.0 Å². The van der Waals surface area contributed by atoms with Gasteiger partial charge in [0.25, 0.3) is 0 Å². The summed E-state index contributed by atoms with van der Waals surface area (Å²) in [6.07, 6.45) is -0.447. The van der Waals surface area contributed by atoms with Gasteiger partial charge in [0.15, 0.2) is 0 Å². The van der Waals surface area contributed by atoms with Crippen molar-refractivity contribution in [3.63, 3.8) is 0 Å². The smallest absolute Gasteiger partial charge is 0.326 e. The molecule has 0 bridgehead atoms. The fourth-order valence-electron chi connectivity index (χ4n) is 1.76. The number of nitrogens with one attached hydrogen (secondary N) is 2. The largest absolute Gasteiger partial charge is 0.480 e. The Kier molecular flexibility index (Phi) is 6.19. The van der Waals surface area contributed by atoms with Crippen LogP contribution in [0.15, 0.2) is 30.3 Å². The van der Waals surface area contributed by atoms with E-state index in [4.69, 9.17) is 10.8 Å². The molecule has 1 aromatic carbocycles. The van der Waals surface area contributed by atoms with Gasteiger partial charge in [-0.3, -0.25) is 4.79 Å². The number of aliphatic carboxylic acids is 1. The minimum Gasteiger partial charge on any atom is -0.480 e. The van der Waals surface area contributed by atoms with Crippen LogP contribution in [-0.2, 0) is 9.59 Å². The maximum atomic E-state index is 11.6. The van der Waals surface area contributed by atoms with Crippen molar-refractivity contribution in [3.05, 3.63) is 35.9 Å². The Hall–Kier alpha value is -2.57. The van der Waals surface area contributed by atoms with Crippen molar-refractivity contribution in [2.24, 2.45) is 5.73 Å². The molecule has 114 valence electrons. The quantitative estimate of drug-likeness (QED) is 0.582. The van der Waals surface area contributed by atoms with Crippen LogP contribution in [0.25, 0.3) is 0 Å². The minimum atomic E-state index is -1.32. The molecular formula is C14H19N3O4. The normalized spacial score (nSPS) is 13.0. The Bertz CT molecular complexity index is 504. The van der Waals surface area contributed by atoms with Crippen molar-refractivity contribution in [2.75, 3.05) is 6.54 Å². The Balaban J connectivity index is 2.46. The predicted octanol–water partition coefficient (Wildman–Crippen LogP) is 0.418. The first-order valence-corrected chi connectivity index (χ1v) is 6.50. The summed E-state index contributed by atoms with van der Waals surface area (Å²) in [6.45, 7) is 2.28. The summed E-state index contributed by atoms with van der Waals surface area (Å²) in [4.78, 5) is 33.3. The van der Waals surface area contributed by atoms with Crippen LogP contribution >= 0.6 is 0 Å². The molecule has 0 aromatic heterocycles. The first kappa shape index (κ1) is 16.5. The Morgan fingerprint density at radius 3 is 2.38 bits per heavy atom. The van der Waals surface area contributed by atoms with Crippen molar-refractivity contribution >= 4 is 17.9 Å². The van der Waals surface area contributed by atoms with Crippen molar-refractivity contribution in [3.8, 4) is 0 Å². The third kappa shape index (κ3) is 5.94. The number of carboxylic acids is 1. The number of nitrogens with two attached hydrogens (primary N) is 1. The fourth-order valence-corrected chi connectivity index (χ4v) is 1.76. The predicted molar refractivity (Wildman–Crippen MR) is 76.6 cm³/mol. The van der Waals surface area contributed by atoms with Gasteiger partial charge < -0.3 is 21.5 Å². The molecule has 0 saturated carbocycles. The highest BCUT2D eigenvalue weighted by molar-refractivity contribution is 5.87. The van der Waals surface area contributed by atoms with E-state index in [1.54, 1.807) is 0 Å². The number of primary amides is 1. The summed E-state index contributed by atoms with van der Waals surface area (Å²) in [6, 6.07) is 7.62. The van der Waals surface area contributed by atoms with Crippen LogP contribution < -0.4 is 16.4 Å². The Morgan fingerprint density at radius 1 is 1.24 bits per heavy atom. The lowest BCUT2D eigenvalue weighted by atomic mass is 10.0. The molecule has 0 aliphatic rings. The molecule has 0 heterocycles. The van der Waals surface area contributed by atoms with Gasteiger partial charge in [0, 0.05) is 6.54 Å². The van der Waals surface area contributed by atoms with E-state index in [0.29, 0.717) is 6.54 Å². The maximum Gasteiger partial charge on any atom is 0.326 e. The van der Waals surface area contributed by atoms with Gasteiger partial charge in [0.2, 0.25) is 5.91 Å². The summed E-state index contributed by atoms with van der Waals surface area (Å²) in [5, 5.41) is 13.7. The molecule has 5 N–H and O–H groups in total. The monoisotopic (exact) mass is 293 g/mol. The molecule has 1 aromatic rings. The van der Waals surface area contributed by atoms with Crippen molar-refractivity contribution < 1.29 is 19.5 Å². The van der Waals surface area contributed by atoms with Crippen molar-refractivity contribution in [1.29, 1.82) is 0 Å². The summed E-state index contributed by atoms with van der Waals surface area (Å²) in [7, 11) is 0. The second-order valence-electron chi connectivity index (χ2n) is 4.73. The highest BCUT2D eigenvalue weighted by Gasteiger charge is 2.22. The number of urea groups is 1. The second kappa shape index (κ2) is 7.88. The van der Waals surface area contributed by atoms with Gasteiger partial charge in [-0.1, -0.05) is 37.3 Å². The van der Waals surface area contributed by atoms with Crippen LogP contribution in [0, 0.1) is 0 Å². The zero-order chi connectivity index (χ0) is 15.8. The molecule has 0 spiro atoms. The molecule has 0 saturated heterocycles. The van der Waals surface area contributed by atoms with Gasteiger partial charge in [-0.2, -0.15) is 0 Å². The maximum absolute atomic E-state index is 11.6. The van der Waals surface area contributed by atoms with Crippen molar-refractivity contribution in [1.82, 2.24) is 10.6 Å². The number of benzene rings is 1. The average molecular weight is 293 g/mol. The summed E-state index contributed by atoms with van der Waals surface area (Å²) in [5.74, 6) is -2.02. The molecule has 0 aliphatic heterocycles. The first-order chi connectivity index (χ1) is 9.90. The van der Waals surface area contributed by atoms with Crippen LogP contribution in [0.2, 0.25) is 0 Å². The van der Waals surface area contributed by atoms with E-state index in [1.807, 2.05) is 37.3 Å². The number of carboxylic acid groups (broad SMARTS) is 1. The number of carbonyl (C=O) groups is 3. The molecule has 7 heteroatoms. The van der Waals surface area contributed by atoms with Crippen LogP contribution in [-0.4, -0.2) is 35.6 Å². The lowest BCUT2D eigenvalue weighted by Crippen LogP contribution is -2.48. The first-order valence-electron chi connectivity index (χ1n) is 6.50. The molecule has 2 atom stereocenters. The third-order valence-electron chi connectivity index (χ3n) is 2.95. The van der Waals surface area contributed by atoms with E-state index in [-0.39, 0.29) is 5.92 Å². The SMILES string of the molecule is CC(CNC(=O)N[C@@H](CC(N)=O)C(=O)O)c1ccccc1. The highest BCUT2D eigenvalue weighted by atomic mass is 16.4. The van der Waals surface area contributed by atoms with Crippen LogP contribution in [0.3, 0.4) is 0 Å². The van der Waals surface area contributed by atoms with E-state index in [2.05, 4.69) is 10.6 Å².